The summed E-state index contributed by atoms with van der Waals surface area (Å²) in [5.41, 5.74) is -3.00. The van der Waals surface area contributed by atoms with Gasteiger partial charge in [-0.1, -0.05) is 24.3 Å². The van der Waals surface area contributed by atoms with Gasteiger partial charge in [-0.3, -0.25) is 4.79 Å². The van der Waals surface area contributed by atoms with Crippen LogP contribution < -0.4 is 10.2 Å². The fraction of sp³-hybridized carbons (Fsp3) is 0.357. The molecule has 0 radical (unpaired) electrons. The number of aliphatic hydroxyl groups is 2. The van der Waals surface area contributed by atoms with Gasteiger partial charge < -0.3 is 20.4 Å². The summed E-state index contributed by atoms with van der Waals surface area (Å²) in [5.74, 6) is -0.463. The lowest BCUT2D eigenvalue weighted by molar-refractivity contribution is -0.143. The number of hydrogen-bond acceptors (Lipinski definition) is 5. The molecule has 216 valence electrons. The van der Waals surface area contributed by atoms with Crippen molar-refractivity contribution in [1.29, 1.82) is 0 Å². The van der Waals surface area contributed by atoms with Crippen LogP contribution in [0.2, 0.25) is 0 Å². The zero-order valence-corrected chi connectivity index (χ0v) is 22.2. The van der Waals surface area contributed by atoms with Gasteiger partial charge >= 0.3 is 12.4 Å². The molecule has 0 fully saturated rings. The normalized spacial score (nSPS) is 13.2. The van der Waals surface area contributed by atoms with E-state index in [0.29, 0.717) is 29.1 Å². The highest BCUT2D eigenvalue weighted by Gasteiger charge is 2.41. The van der Waals surface area contributed by atoms with Crippen molar-refractivity contribution >= 4 is 17.4 Å². The van der Waals surface area contributed by atoms with Gasteiger partial charge in [-0.15, -0.1) is 0 Å². The Morgan fingerprint density at radius 3 is 2.02 bits per heavy atom. The number of pyridine rings is 1. The molecule has 1 amide bonds. The minimum absolute atomic E-state index is 0.0189. The Hall–Kier alpha value is -3.64. The second-order valence-electron chi connectivity index (χ2n) is 9.90. The summed E-state index contributed by atoms with van der Waals surface area (Å²) in [5, 5.41) is 21.6. The standard InChI is InChI=1S/C28H29F6N3O3/c1-16-7-5-6-8-21(16)22-12-24(35-13-20(39)15-38)36-14-23(22)37(4)25(40)26(2,3)17-9-18(27(29,30)31)11-19(10-17)28(32,33)34/h5-12,14,20,38-39H,13,15H2,1-4H3,(H,35,36)/t20-/m0/s1. The summed E-state index contributed by atoms with van der Waals surface area (Å²) in [6.07, 6.45) is -9.83. The van der Waals surface area contributed by atoms with Crippen molar-refractivity contribution in [2.24, 2.45) is 0 Å². The molecular formula is C28H29F6N3O3. The van der Waals surface area contributed by atoms with Gasteiger partial charge in [-0.25, -0.2) is 4.98 Å². The Bertz CT molecular complexity index is 1340. The first kappa shape index (κ1) is 30.9. The number of aliphatic hydroxyl groups excluding tert-OH is 2. The van der Waals surface area contributed by atoms with Crippen molar-refractivity contribution in [3.63, 3.8) is 0 Å². The predicted molar refractivity (Wildman–Crippen MR) is 139 cm³/mol. The fourth-order valence-electron chi connectivity index (χ4n) is 4.16. The zero-order chi connectivity index (χ0) is 30.0. The van der Waals surface area contributed by atoms with Crippen LogP contribution in [0, 0.1) is 6.92 Å². The van der Waals surface area contributed by atoms with E-state index in [1.807, 2.05) is 13.0 Å². The van der Waals surface area contributed by atoms with Crippen molar-refractivity contribution in [3.8, 4) is 11.1 Å². The lowest BCUT2D eigenvalue weighted by atomic mass is 9.81. The average molecular weight is 570 g/mol. The fourth-order valence-corrected chi connectivity index (χ4v) is 4.16. The second-order valence-corrected chi connectivity index (χ2v) is 9.90. The number of anilines is 2. The number of rotatable bonds is 8. The Morgan fingerprint density at radius 1 is 0.950 bits per heavy atom. The molecule has 2 aromatic carbocycles. The minimum atomic E-state index is -5.06. The van der Waals surface area contributed by atoms with Crippen LogP contribution in [0.25, 0.3) is 11.1 Å². The van der Waals surface area contributed by atoms with E-state index in [4.69, 9.17) is 5.11 Å². The number of aryl methyl sites for hydroxylation is 1. The minimum Gasteiger partial charge on any atom is -0.394 e. The van der Waals surface area contributed by atoms with Crippen molar-refractivity contribution < 1.29 is 41.4 Å². The van der Waals surface area contributed by atoms with E-state index in [1.165, 1.54) is 27.1 Å². The van der Waals surface area contributed by atoms with Gasteiger partial charge in [0.05, 0.1) is 41.1 Å². The molecule has 3 N–H and O–H groups in total. The van der Waals surface area contributed by atoms with Gasteiger partial charge in [0.15, 0.2) is 0 Å². The molecule has 1 atom stereocenters. The van der Waals surface area contributed by atoms with Crippen LogP contribution in [0.1, 0.15) is 36.1 Å². The molecule has 0 aliphatic rings. The topological polar surface area (TPSA) is 85.7 Å². The van der Waals surface area contributed by atoms with Crippen LogP contribution in [-0.4, -0.2) is 47.4 Å². The number of likely N-dealkylation sites (N-methyl/N-ethyl adjacent to an activating group) is 1. The van der Waals surface area contributed by atoms with Gasteiger partial charge in [0.2, 0.25) is 5.91 Å². The Labute approximate surface area is 227 Å². The molecule has 6 nitrogen and oxygen atoms in total. The molecule has 0 saturated heterocycles. The zero-order valence-electron chi connectivity index (χ0n) is 22.2. The van der Waals surface area contributed by atoms with Crippen molar-refractivity contribution in [1.82, 2.24) is 4.98 Å². The van der Waals surface area contributed by atoms with E-state index in [0.717, 1.165) is 10.5 Å². The summed E-state index contributed by atoms with van der Waals surface area (Å²) in [6, 6.07) is 9.92. The number of hydrogen-bond donors (Lipinski definition) is 3. The number of nitrogens with one attached hydrogen (secondary N) is 1. The van der Waals surface area contributed by atoms with Gasteiger partial charge in [-0.2, -0.15) is 26.3 Å². The van der Waals surface area contributed by atoms with Crippen LogP contribution in [0.4, 0.5) is 37.8 Å². The number of nitrogens with zero attached hydrogens (tertiary/aromatic N) is 2. The maximum Gasteiger partial charge on any atom is 0.416 e. The smallest absolute Gasteiger partial charge is 0.394 e. The van der Waals surface area contributed by atoms with Crippen LogP contribution in [0.3, 0.4) is 0 Å². The number of aromatic nitrogens is 1. The first-order valence-electron chi connectivity index (χ1n) is 12.1. The first-order chi connectivity index (χ1) is 18.5. The molecule has 0 aliphatic carbocycles. The lowest BCUT2D eigenvalue weighted by Gasteiger charge is -2.32. The molecule has 3 aromatic rings. The molecular weight excluding hydrogens is 540 g/mol. The molecule has 0 bridgehead atoms. The maximum atomic E-state index is 13.8. The van der Waals surface area contributed by atoms with Crippen molar-refractivity contribution in [3.05, 3.63) is 77.0 Å². The van der Waals surface area contributed by atoms with Crippen LogP contribution in [-0.2, 0) is 22.6 Å². The Balaban J connectivity index is 2.11. The van der Waals surface area contributed by atoms with Crippen molar-refractivity contribution in [2.45, 2.75) is 44.6 Å². The lowest BCUT2D eigenvalue weighted by Crippen LogP contribution is -2.42. The highest BCUT2D eigenvalue weighted by atomic mass is 19.4. The van der Waals surface area contributed by atoms with Crippen LogP contribution >= 0.6 is 0 Å². The van der Waals surface area contributed by atoms with Gasteiger partial charge in [-0.05, 0) is 61.7 Å². The van der Waals surface area contributed by atoms with E-state index in [-0.39, 0.29) is 18.3 Å². The highest BCUT2D eigenvalue weighted by Crippen LogP contribution is 2.41. The van der Waals surface area contributed by atoms with Crippen LogP contribution in [0.5, 0.6) is 0 Å². The molecule has 3 rings (SSSR count). The van der Waals surface area contributed by atoms with E-state index in [1.54, 1.807) is 24.3 Å². The largest absolute Gasteiger partial charge is 0.416 e. The Morgan fingerprint density at radius 2 is 1.50 bits per heavy atom. The monoisotopic (exact) mass is 569 g/mol. The SMILES string of the molecule is Cc1ccccc1-c1cc(NC[C@H](O)CO)ncc1N(C)C(=O)C(C)(C)c1cc(C(F)(F)F)cc(C(F)(F)F)c1. The van der Waals surface area contributed by atoms with Crippen molar-refractivity contribution in [2.75, 3.05) is 30.4 Å². The molecule has 0 saturated carbocycles. The van der Waals surface area contributed by atoms with E-state index in [2.05, 4.69) is 10.3 Å². The molecule has 40 heavy (non-hydrogen) atoms. The van der Waals surface area contributed by atoms with E-state index in [9.17, 15) is 36.2 Å². The number of alkyl halides is 6. The van der Waals surface area contributed by atoms with E-state index >= 15 is 0 Å². The molecule has 1 aromatic heterocycles. The third kappa shape index (κ3) is 6.73. The summed E-state index contributed by atoms with van der Waals surface area (Å²) in [4.78, 5) is 19.2. The van der Waals surface area contributed by atoms with Crippen LogP contribution in [0.15, 0.2) is 54.7 Å². The van der Waals surface area contributed by atoms with Gasteiger partial charge in [0.25, 0.3) is 0 Å². The number of amides is 1. The number of carbonyl (C=O) groups excluding carboxylic acids is 1. The molecule has 0 unspecified atom stereocenters. The average Bonchev–Trinajstić information content (AvgIpc) is 2.89. The number of carbonyl (C=O) groups is 1. The van der Waals surface area contributed by atoms with Gasteiger partial charge in [0.1, 0.15) is 5.82 Å². The molecule has 0 spiro atoms. The molecule has 0 aliphatic heterocycles. The summed E-state index contributed by atoms with van der Waals surface area (Å²) < 4.78 is 81.0. The quantitative estimate of drug-likeness (QED) is 0.299. The number of halogens is 6. The maximum absolute atomic E-state index is 13.8. The predicted octanol–water partition coefficient (Wildman–Crippen LogP) is 5.80. The molecule has 1 heterocycles. The van der Waals surface area contributed by atoms with E-state index < -0.39 is 53.1 Å². The highest BCUT2D eigenvalue weighted by molar-refractivity contribution is 6.03. The second kappa shape index (κ2) is 11.5. The first-order valence-corrected chi connectivity index (χ1v) is 12.1. The summed E-state index contributed by atoms with van der Waals surface area (Å²) in [6.45, 7) is 3.85. The third-order valence-electron chi connectivity index (χ3n) is 6.56. The Kier molecular flexibility index (Phi) is 8.85. The summed E-state index contributed by atoms with van der Waals surface area (Å²) >= 11 is 0. The third-order valence-corrected chi connectivity index (χ3v) is 6.56. The summed E-state index contributed by atoms with van der Waals surface area (Å²) in [7, 11) is 1.36. The molecule has 12 heteroatoms. The number of benzene rings is 2. The van der Waals surface area contributed by atoms with Gasteiger partial charge in [0, 0.05) is 19.2 Å².